The Bertz CT molecular complexity index is 976. The summed E-state index contributed by atoms with van der Waals surface area (Å²) >= 11 is 1.23. The number of aromatic nitrogens is 1. The van der Waals surface area contributed by atoms with E-state index >= 15 is 0 Å². The molecule has 2 amide bonds. The quantitative estimate of drug-likeness (QED) is 0.743. The van der Waals surface area contributed by atoms with E-state index < -0.39 is 11.5 Å². The third kappa shape index (κ3) is 3.92. The van der Waals surface area contributed by atoms with E-state index in [1.54, 1.807) is 18.7 Å². The lowest BCUT2D eigenvalue weighted by Crippen LogP contribution is -2.36. The number of hydrogen-bond acceptors (Lipinski definition) is 7. The summed E-state index contributed by atoms with van der Waals surface area (Å²) in [5.74, 6) is -0.705. The van der Waals surface area contributed by atoms with Crippen molar-refractivity contribution in [1.29, 1.82) is 0 Å². The van der Waals surface area contributed by atoms with Gasteiger partial charge in [0, 0.05) is 25.3 Å². The van der Waals surface area contributed by atoms with E-state index in [0.29, 0.717) is 55.0 Å². The third-order valence-corrected chi connectivity index (χ3v) is 6.67. The van der Waals surface area contributed by atoms with Gasteiger partial charge in [-0.1, -0.05) is 23.5 Å². The zero-order valence-corrected chi connectivity index (χ0v) is 18.0. The maximum atomic E-state index is 13.1. The molecular weight excluding hydrogens is 404 g/mol. The zero-order valence-electron chi connectivity index (χ0n) is 17.2. The second-order valence-electron chi connectivity index (χ2n) is 8.07. The van der Waals surface area contributed by atoms with Crippen molar-refractivity contribution in [3.63, 3.8) is 0 Å². The molecular formula is C21H26N4O4S. The highest BCUT2D eigenvalue weighted by Crippen LogP contribution is 2.36. The van der Waals surface area contributed by atoms with Gasteiger partial charge in [0.05, 0.1) is 30.9 Å². The summed E-state index contributed by atoms with van der Waals surface area (Å²) < 4.78 is 5.37. The molecule has 3 heterocycles. The molecule has 1 fully saturated rings. The van der Waals surface area contributed by atoms with Gasteiger partial charge in [0.1, 0.15) is 4.88 Å². The number of fused-ring (bicyclic) bond motifs is 1. The maximum Gasteiger partial charge on any atom is 0.260 e. The van der Waals surface area contributed by atoms with Crippen LogP contribution < -0.4 is 15.5 Å². The van der Waals surface area contributed by atoms with Crippen LogP contribution in [0.15, 0.2) is 18.2 Å². The van der Waals surface area contributed by atoms with Gasteiger partial charge in [0.15, 0.2) is 5.13 Å². The summed E-state index contributed by atoms with van der Waals surface area (Å²) in [6, 6.07) is 5.64. The van der Waals surface area contributed by atoms with E-state index in [1.807, 2.05) is 18.2 Å². The highest BCUT2D eigenvalue weighted by atomic mass is 32.1. The highest BCUT2D eigenvalue weighted by molar-refractivity contribution is 7.17. The lowest BCUT2D eigenvalue weighted by atomic mass is 9.92. The van der Waals surface area contributed by atoms with Crippen LogP contribution in [0.1, 0.15) is 40.3 Å². The van der Waals surface area contributed by atoms with Crippen molar-refractivity contribution < 1.29 is 19.4 Å². The number of carbonyl (C=O) groups excluding carboxylic acids is 2. The van der Waals surface area contributed by atoms with E-state index in [9.17, 15) is 14.7 Å². The Morgan fingerprint density at radius 3 is 2.67 bits per heavy atom. The summed E-state index contributed by atoms with van der Waals surface area (Å²) in [6.45, 7) is 6.62. The molecule has 0 aliphatic carbocycles. The van der Waals surface area contributed by atoms with Gasteiger partial charge in [0.2, 0.25) is 5.91 Å². The molecule has 2 aliphatic heterocycles. The molecule has 0 unspecified atom stereocenters. The smallest absolute Gasteiger partial charge is 0.260 e. The van der Waals surface area contributed by atoms with E-state index in [4.69, 9.17) is 10.5 Å². The van der Waals surface area contributed by atoms with Crippen LogP contribution in [-0.4, -0.2) is 54.8 Å². The SMILES string of the molecule is CC(C)(O)c1cccc2c1CCN2C(=O)Cc1nc(N2CCOCC2)sc1C(N)=O. The Morgan fingerprint density at radius 1 is 1.27 bits per heavy atom. The molecule has 160 valence electrons. The first-order valence-electron chi connectivity index (χ1n) is 10.0. The normalized spacial score (nSPS) is 16.6. The van der Waals surface area contributed by atoms with Gasteiger partial charge in [-0.15, -0.1) is 0 Å². The van der Waals surface area contributed by atoms with Crippen molar-refractivity contribution in [3.05, 3.63) is 39.9 Å². The first-order valence-corrected chi connectivity index (χ1v) is 10.8. The number of aliphatic hydroxyl groups is 1. The van der Waals surface area contributed by atoms with Crippen molar-refractivity contribution in [3.8, 4) is 0 Å². The summed E-state index contributed by atoms with van der Waals surface area (Å²) in [6.07, 6.45) is 0.686. The molecule has 1 saturated heterocycles. The number of nitrogens with two attached hydrogens (primary N) is 1. The fourth-order valence-corrected chi connectivity index (χ4v) is 5.03. The topological polar surface area (TPSA) is 109 Å². The number of anilines is 2. The fourth-order valence-electron chi connectivity index (χ4n) is 4.05. The molecule has 2 aliphatic rings. The van der Waals surface area contributed by atoms with Crippen molar-refractivity contribution in [1.82, 2.24) is 4.98 Å². The number of amides is 2. The minimum atomic E-state index is -0.981. The van der Waals surface area contributed by atoms with Gasteiger partial charge in [-0.25, -0.2) is 4.98 Å². The molecule has 4 rings (SSSR count). The van der Waals surface area contributed by atoms with Gasteiger partial charge in [-0.3, -0.25) is 9.59 Å². The molecule has 9 heteroatoms. The second-order valence-corrected chi connectivity index (χ2v) is 9.05. The summed E-state index contributed by atoms with van der Waals surface area (Å²) in [7, 11) is 0. The number of nitrogens with zero attached hydrogens (tertiary/aromatic N) is 3. The van der Waals surface area contributed by atoms with E-state index in [-0.39, 0.29) is 12.3 Å². The molecule has 0 atom stereocenters. The number of hydrogen-bond donors (Lipinski definition) is 2. The van der Waals surface area contributed by atoms with E-state index in [0.717, 1.165) is 16.8 Å². The number of rotatable bonds is 5. The lowest BCUT2D eigenvalue weighted by molar-refractivity contribution is -0.117. The average Bonchev–Trinajstić information content (AvgIpc) is 3.32. The summed E-state index contributed by atoms with van der Waals surface area (Å²) in [4.78, 5) is 33.8. The van der Waals surface area contributed by atoms with Gasteiger partial charge in [-0.05, 0) is 37.5 Å². The van der Waals surface area contributed by atoms with Crippen molar-refractivity contribution in [2.45, 2.75) is 32.3 Å². The maximum absolute atomic E-state index is 13.1. The molecule has 3 N–H and O–H groups in total. The standard InChI is InChI=1S/C21H26N4O4S/c1-21(2,28)14-4-3-5-16-13(14)6-7-25(16)17(26)12-15-18(19(22)27)30-20(23-15)24-8-10-29-11-9-24/h3-5,28H,6-12H2,1-2H3,(H2,22,27). The van der Waals surface area contributed by atoms with Gasteiger partial charge < -0.3 is 25.4 Å². The Morgan fingerprint density at radius 2 is 2.00 bits per heavy atom. The van der Waals surface area contributed by atoms with E-state index in [1.165, 1.54) is 11.3 Å². The number of benzene rings is 1. The van der Waals surface area contributed by atoms with Crippen molar-refractivity contribution >= 4 is 34.0 Å². The summed E-state index contributed by atoms with van der Waals surface area (Å²) in [5, 5.41) is 11.2. The molecule has 30 heavy (non-hydrogen) atoms. The number of thiazole rings is 1. The first kappa shape index (κ1) is 20.8. The van der Waals surface area contributed by atoms with Crippen molar-refractivity contribution in [2.24, 2.45) is 5.73 Å². The van der Waals surface area contributed by atoms with Crippen LogP contribution in [0.25, 0.3) is 0 Å². The second kappa shape index (κ2) is 7.98. The monoisotopic (exact) mass is 430 g/mol. The number of morpholine rings is 1. The van der Waals surface area contributed by atoms with Crippen LogP contribution in [0.5, 0.6) is 0 Å². The van der Waals surface area contributed by atoms with E-state index in [2.05, 4.69) is 9.88 Å². The predicted molar refractivity (Wildman–Crippen MR) is 115 cm³/mol. The highest BCUT2D eigenvalue weighted by Gasteiger charge is 2.32. The van der Waals surface area contributed by atoms with Crippen LogP contribution in [0, 0.1) is 0 Å². The minimum Gasteiger partial charge on any atom is -0.386 e. The Balaban J connectivity index is 1.58. The molecule has 0 saturated carbocycles. The number of ether oxygens (including phenoxy) is 1. The average molecular weight is 431 g/mol. The molecule has 8 nitrogen and oxygen atoms in total. The third-order valence-electron chi connectivity index (χ3n) is 5.50. The van der Waals surface area contributed by atoms with Crippen LogP contribution in [-0.2, 0) is 28.0 Å². The predicted octanol–water partition coefficient (Wildman–Crippen LogP) is 1.44. The minimum absolute atomic E-state index is 0.00526. The van der Waals surface area contributed by atoms with Crippen LogP contribution in [0.3, 0.4) is 0 Å². The largest absolute Gasteiger partial charge is 0.386 e. The van der Waals surface area contributed by atoms with Gasteiger partial charge in [0.25, 0.3) is 5.91 Å². The fraction of sp³-hybridized carbons (Fsp3) is 0.476. The van der Waals surface area contributed by atoms with Crippen LogP contribution in [0.2, 0.25) is 0 Å². The van der Waals surface area contributed by atoms with Gasteiger partial charge in [-0.2, -0.15) is 0 Å². The zero-order chi connectivity index (χ0) is 21.5. The Labute approximate surface area is 179 Å². The Hall–Kier alpha value is -2.49. The summed E-state index contributed by atoms with van der Waals surface area (Å²) in [5.41, 5.74) is 7.63. The van der Waals surface area contributed by atoms with Crippen LogP contribution in [0.4, 0.5) is 10.8 Å². The molecule has 1 aromatic heterocycles. The molecule has 2 aromatic rings. The van der Waals surface area contributed by atoms with Crippen molar-refractivity contribution in [2.75, 3.05) is 42.6 Å². The van der Waals surface area contributed by atoms with Crippen LogP contribution >= 0.6 is 11.3 Å². The number of primary amides is 1. The molecule has 0 radical (unpaired) electrons. The molecule has 1 aromatic carbocycles. The van der Waals surface area contributed by atoms with Gasteiger partial charge >= 0.3 is 0 Å². The molecule has 0 spiro atoms. The first-order chi connectivity index (χ1) is 14.3. The molecule has 0 bridgehead atoms. The Kier molecular flexibility index (Phi) is 5.52. The lowest BCUT2D eigenvalue weighted by Gasteiger charge is -2.26. The number of carbonyl (C=O) groups is 2.